The summed E-state index contributed by atoms with van der Waals surface area (Å²) in [5.74, 6) is 2.09. The van der Waals surface area contributed by atoms with Gasteiger partial charge in [0.25, 0.3) is 0 Å². The Kier molecular flexibility index (Phi) is 4.33. The second kappa shape index (κ2) is 5.98. The molecule has 0 amide bonds. The number of ether oxygens (including phenoxy) is 3. The molecule has 1 aromatic carbocycles. The molecule has 1 heterocycles. The Bertz CT molecular complexity index is 431. The zero-order valence-electron chi connectivity index (χ0n) is 10.3. The van der Waals surface area contributed by atoms with Crippen LogP contribution in [0.1, 0.15) is 5.56 Å². The van der Waals surface area contributed by atoms with E-state index in [-0.39, 0.29) is 0 Å². The monoisotopic (exact) mass is 269 g/mol. The Balaban J connectivity index is 2.13. The standard InChI is InChI=1S/C13H16ClNO3/c1-9(14)7-15-8-10-5-11(16-2)13-12(6-10)17-3-4-18-13/h5-6,15H,1,3-4,7-8H2,2H3. The fraction of sp³-hybridized carbons (Fsp3) is 0.385. The van der Waals surface area contributed by atoms with Gasteiger partial charge in [-0.15, -0.1) is 0 Å². The van der Waals surface area contributed by atoms with Crippen LogP contribution >= 0.6 is 11.6 Å². The molecule has 0 spiro atoms. The second-order valence-corrected chi connectivity index (χ2v) is 4.48. The highest BCUT2D eigenvalue weighted by molar-refractivity contribution is 6.29. The van der Waals surface area contributed by atoms with Gasteiger partial charge in [0, 0.05) is 18.1 Å². The van der Waals surface area contributed by atoms with E-state index in [2.05, 4.69) is 11.9 Å². The van der Waals surface area contributed by atoms with Crippen LogP contribution in [0.3, 0.4) is 0 Å². The first-order valence-corrected chi connectivity index (χ1v) is 6.09. The van der Waals surface area contributed by atoms with Crippen LogP contribution < -0.4 is 19.5 Å². The highest BCUT2D eigenvalue weighted by Crippen LogP contribution is 2.40. The molecule has 1 aliphatic rings. The molecule has 0 aromatic heterocycles. The van der Waals surface area contributed by atoms with Gasteiger partial charge >= 0.3 is 0 Å². The number of hydrogen-bond acceptors (Lipinski definition) is 4. The Morgan fingerprint density at radius 1 is 1.44 bits per heavy atom. The molecule has 0 aliphatic carbocycles. The van der Waals surface area contributed by atoms with E-state index in [0.29, 0.717) is 42.8 Å². The maximum Gasteiger partial charge on any atom is 0.203 e. The molecule has 0 atom stereocenters. The van der Waals surface area contributed by atoms with Crippen LogP contribution in [-0.2, 0) is 6.54 Å². The Hall–Kier alpha value is -1.39. The van der Waals surface area contributed by atoms with Crippen LogP contribution in [0.5, 0.6) is 17.2 Å². The molecule has 2 rings (SSSR count). The quantitative estimate of drug-likeness (QED) is 0.890. The summed E-state index contributed by atoms with van der Waals surface area (Å²) in [4.78, 5) is 0. The smallest absolute Gasteiger partial charge is 0.203 e. The third-order valence-electron chi connectivity index (χ3n) is 2.53. The maximum atomic E-state index is 5.69. The summed E-state index contributed by atoms with van der Waals surface area (Å²) in [5.41, 5.74) is 1.05. The second-order valence-electron chi connectivity index (χ2n) is 3.94. The third-order valence-corrected chi connectivity index (χ3v) is 2.67. The zero-order chi connectivity index (χ0) is 13.0. The van der Waals surface area contributed by atoms with E-state index < -0.39 is 0 Å². The van der Waals surface area contributed by atoms with Crippen molar-refractivity contribution in [2.45, 2.75) is 6.54 Å². The first-order chi connectivity index (χ1) is 8.70. The highest BCUT2D eigenvalue weighted by Gasteiger charge is 2.18. The van der Waals surface area contributed by atoms with Gasteiger partial charge < -0.3 is 19.5 Å². The van der Waals surface area contributed by atoms with E-state index in [4.69, 9.17) is 25.8 Å². The number of halogens is 1. The Labute approximate surface area is 111 Å². The van der Waals surface area contributed by atoms with E-state index in [1.165, 1.54) is 0 Å². The van der Waals surface area contributed by atoms with Gasteiger partial charge in [-0.2, -0.15) is 0 Å². The minimum atomic E-state index is 0.549. The third kappa shape index (κ3) is 3.09. The number of nitrogens with one attached hydrogen (secondary N) is 1. The lowest BCUT2D eigenvalue weighted by molar-refractivity contribution is 0.165. The maximum absolute atomic E-state index is 5.69. The van der Waals surface area contributed by atoms with Crippen molar-refractivity contribution in [3.63, 3.8) is 0 Å². The molecule has 0 saturated carbocycles. The van der Waals surface area contributed by atoms with Gasteiger partial charge in [0.05, 0.1) is 7.11 Å². The molecule has 0 fully saturated rings. The van der Waals surface area contributed by atoms with Gasteiger partial charge in [-0.05, 0) is 17.7 Å². The van der Waals surface area contributed by atoms with Crippen molar-refractivity contribution in [2.24, 2.45) is 0 Å². The summed E-state index contributed by atoms with van der Waals surface area (Å²) in [5, 5.41) is 3.76. The lowest BCUT2D eigenvalue weighted by Gasteiger charge is -2.21. The summed E-state index contributed by atoms with van der Waals surface area (Å²) < 4.78 is 16.4. The molecule has 4 nitrogen and oxygen atoms in total. The fourth-order valence-corrected chi connectivity index (χ4v) is 1.87. The van der Waals surface area contributed by atoms with E-state index in [1.807, 2.05) is 12.1 Å². The van der Waals surface area contributed by atoms with Gasteiger partial charge in [0.1, 0.15) is 13.2 Å². The van der Waals surface area contributed by atoms with Crippen LogP contribution in [0.4, 0.5) is 0 Å². The first-order valence-electron chi connectivity index (χ1n) is 5.71. The van der Waals surface area contributed by atoms with Gasteiger partial charge in [0.15, 0.2) is 11.5 Å². The van der Waals surface area contributed by atoms with E-state index in [0.717, 1.165) is 11.3 Å². The number of fused-ring (bicyclic) bond motifs is 1. The van der Waals surface area contributed by atoms with Crippen molar-refractivity contribution in [1.29, 1.82) is 0 Å². The topological polar surface area (TPSA) is 39.7 Å². The predicted octanol–water partition coefficient (Wildman–Crippen LogP) is 2.31. The van der Waals surface area contributed by atoms with Gasteiger partial charge in [-0.25, -0.2) is 0 Å². The van der Waals surface area contributed by atoms with Crippen LogP contribution in [0.25, 0.3) is 0 Å². The predicted molar refractivity (Wildman–Crippen MR) is 70.7 cm³/mol. The first kappa shape index (κ1) is 13.1. The van der Waals surface area contributed by atoms with Crippen LogP contribution in [0.2, 0.25) is 0 Å². The van der Waals surface area contributed by atoms with Crippen molar-refractivity contribution in [1.82, 2.24) is 5.32 Å². The molecule has 0 radical (unpaired) electrons. The largest absolute Gasteiger partial charge is 0.493 e. The lowest BCUT2D eigenvalue weighted by Crippen LogP contribution is -2.18. The van der Waals surface area contributed by atoms with Crippen molar-refractivity contribution in [2.75, 3.05) is 26.9 Å². The lowest BCUT2D eigenvalue weighted by atomic mass is 10.1. The minimum absolute atomic E-state index is 0.549. The number of methoxy groups -OCH3 is 1. The number of hydrogen-bond donors (Lipinski definition) is 1. The number of benzene rings is 1. The van der Waals surface area contributed by atoms with Gasteiger partial charge in [-0.1, -0.05) is 18.2 Å². The molecule has 1 aromatic rings. The van der Waals surface area contributed by atoms with Crippen LogP contribution in [0, 0.1) is 0 Å². The average Bonchev–Trinajstić information content (AvgIpc) is 2.37. The molecular weight excluding hydrogens is 254 g/mol. The van der Waals surface area contributed by atoms with E-state index in [1.54, 1.807) is 7.11 Å². The van der Waals surface area contributed by atoms with Crippen LogP contribution in [0.15, 0.2) is 23.7 Å². The summed E-state index contributed by atoms with van der Waals surface area (Å²) in [6.07, 6.45) is 0. The highest BCUT2D eigenvalue weighted by atomic mass is 35.5. The van der Waals surface area contributed by atoms with E-state index >= 15 is 0 Å². The average molecular weight is 270 g/mol. The zero-order valence-corrected chi connectivity index (χ0v) is 11.0. The molecule has 0 saturated heterocycles. The van der Waals surface area contributed by atoms with Crippen molar-refractivity contribution >= 4 is 11.6 Å². The summed E-state index contributed by atoms with van der Waals surface area (Å²) in [7, 11) is 1.62. The van der Waals surface area contributed by atoms with Gasteiger partial charge in [0.2, 0.25) is 5.75 Å². The van der Waals surface area contributed by atoms with Crippen molar-refractivity contribution in [3.8, 4) is 17.2 Å². The molecule has 0 unspecified atom stereocenters. The molecule has 0 bridgehead atoms. The molecule has 18 heavy (non-hydrogen) atoms. The SMILES string of the molecule is C=C(Cl)CNCc1cc(OC)c2c(c1)OCCO2. The Morgan fingerprint density at radius 3 is 2.94 bits per heavy atom. The molecular formula is C13H16ClNO3. The van der Waals surface area contributed by atoms with Gasteiger partial charge in [-0.3, -0.25) is 0 Å². The minimum Gasteiger partial charge on any atom is -0.493 e. The van der Waals surface area contributed by atoms with Crippen molar-refractivity contribution in [3.05, 3.63) is 29.3 Å². The summed E-state index contributed by atoms with van der Waals surface area (Å²) in [6.45, 7) is 5.97. The van der Waals surface area contributed by atoms with E-state index in [9.17, 15) is 0 Å². The molecule has 98 valence electrons. The summed E-state index contributed by atoms with van der Waals surface area (Å²) >= 11 is 5.69. The molecule has 1 aliphatic heterocycles. The normalized spacial score (nSPS) is 13.2. The fourth-order valence-electron chi connectivity index (χ4n) is 1.77. The Morgan fingerprint density at radius 2 is 2.22 bits per heavy atom. The molecule has 1 N–H and O–H groups in total. The van der Waals surface area contributed by atoms with Crippen LogP contribution in [-0.4, -0.2) is 26.9 Å². The van der Waals surface area contributed by atoms with Crippen molar-refractivity contribution < 1.29 is 14.2 Å². The number of rotatable bonds is 5. The summed E-state index contributed by atoms with van der Waals surface area (Å²) in [6, 6.07) is 3.87. The molecule has 5 heteroatoms.